The SMILES string of the molecule is COc1ccc2c(c1)CCNC2c1c(F)cccc1Cl. The average molecular weight is 292 g/mol. The summed E-state index contributed by atoms with van der Waals surface area (Å²) in [5.74, 6) is 0.544. The minimum Gasteiger partial charge on any atom is -0.497 e. The van der Waals surface area contributed by atoms with Gasteiger partial charge in [0.15, 0.2) is 0 Å². The van der Waals surface area contributed by atoms with E-state index in [0.717, 1.165) is 24.3 Å². The first-order valence-electron chi connectivity index (χ1n) is 6.55. The monoisotopic (exact) mass is 291 g/mol. The Balaban J connectivity index is 2.10. The molecule has 2 nitrogen and oxygen atoms in total. The van der Waals surface area contributed by atoms with Crippen molar-refractivity contribution >= 4 is 11.6 Å². The predicted molar refractivity (Wildman–Crippen MR) is 78.0 cm³/mol. The molecule has 0 bridgehead atoms. The van der Waals surface area contributed by atoms with E-state index in [4.69, 9.17) is 16.3 Å². The summed E-state index contributed by atoms with van der Waals surface area (Å²) < 4.78 is 19.4. The fourth-order valence-corrected chi connectivity index (χ4v) is 2.98. The van der Waals surface area contributed by atoms with Gasteiger partial charge in [-0.3, -0.25) is 0 Å². The molecule has 1 aliphatic heterocycles. The Labute approximate surface area is 122 Å². The zero-order valence-electron chi connectivity index (χ0n) is 11.1. The summed E-state index contributed by atoms with van der Waals surface area (Å²) in [5, 5.41) is 3.80. The molecule has 0 saturated carbocycles. The smallest absolute Gasteiger partial charge is 0.129 e. The van der Waals surface area contributed by atoms with E-state index in [1.54, 1.807) is 19.2 Å². The Hall–Kier alpha value is -1.58. The summed E-state index contributed by atoms with van der Waals surface area (Å²) in [6.45, 7) is 0.787. The highest BCUT2D eigenvalue weighted by molar-refractivity contribution is 6.31. The molecule has 0 aliphatic carbocycles. The summed E-state index contributed by atoms with van der Waals surface area (Å²) in [7, 11) is 1.65. The Morgan fingerprint density at radius 3 is 2.90 bits per heavy atom. The van der Waals surface area contributed by atoms with Crippen molar-refractivity contribution in [2.24, 2.45) is 0 Å². The second-order valence-corrected chi connectivity index (χ2v) is 5.24. The van der Waals surface area contributed by atoms with Crippen LogP contribution in [0.5, 0.6) is 5.75 Å². The Kier molecular flexibility index (Phi) is 3.64. The molecule has 0 radical (unpaired) electrons. The molecule has 20 heavy (non-hydrogen) atoms. The van der Waals surface area contributed by atoms with E-state index in [1.807, 2.05) is 18.2 Å². The fraction of sp³-hybridized carbons (Fsp3) is 0.250. The lowest BCUT2D eigenvalue weighted by Gasteiger charge is -2.28. The summed E-state index contributed by atoms with van der Waals surface area (Å²) in [6.07, 6.45) is 0.898. The first-order valence-corrected chi connectivity index (χ1v) is 6.92. The van der Waals surface area contributed by atoms with Gasteiger partial charge < -0.3 is 10.1 Å². The number of ether oxygens (including phenoxy) is 1. The van der Waals surface area contributed by atoms with Crippen LogP contribution in [0.2, 0.25) is 5.02 Å². The molecule has 0 fully saturated rings. The first-order chi connectivity index (χ1) is 9.70. The fourth-order valence-electron chi connectivity index (χ4n) is 2.71. The molecule has 2 aromatic rings. The Morgan fingerprint density at radius 1 is 1.30 bits per heavy atom. The van der Waals surface area contributed by atoms with Crippen LogP contribution in [0, 0.1) is 5.82 Å². The van der Waals surface area contributed by atoms with E-state index < -0.39 is 0 Å². The van der Waals surface area contributed by atoms with Crippen molar-refractivity contribution in [1.82, 2.24) is 5.32 Å². The second kappa shape index (κ2) is 5.43. The van der Waals surface area contributed by atoms with Gasteiger partial charge in [0.05, 0.1) is 13.2 Å². The number of hydrogen-bond donors (Lipinski definition) is 1. The average Bonchev–Trinajstić information content (AvgIpc) is 2.46. The molecule has 4 heteroatoms. The molecule has 1 unspecified atom stereocenters. The van der Waals surface area contributed by atoms with Crippen LogP contribution < -0.4 is 10.1 Å². The number of halogens is 2. The lowest BCUT2D eigenvalue weighted by molar-refractivity contribution is 0.413. The van der Waals surface area contributed by atoms with Gasteiger partial charge in [-0.25, -0.2) is 4.39 Å². The third-order valence-electron chi connectivity index (χ3n) is 3.69. The minimum atomic E-state index is -0.279. The maximum absolute atomic E-state index is 14.1. The van der Waals surface area contributed by atoms with Crippen molar-refractivity contribution < 1.29 is 9.13 Å². The van der Waals surface area contributed by atoms with E-state index in [0.29, 0.717) is 10.6 Å². The molecule has 0 amide bonds. The zero-order chi connectivity index (χ0) is 14.1. The molecule has 3 rings (SSSR count). The Morgan fingerprint density at radius 2 is 2.15 bits per heavy atom. The zero-order valence-corrected chi connectivity index (χ0v) is 11.9. The van der Waals surface area contributed by atoms with Gasteiger partial charge in [0, 0.05) is 17.1 Å². The largest absolute Gasteiger partial charge is 0.497 e. The number of nitrogens with one attached hydrogen (secondary N) is 1. The van der Waals surface area contributed by atoms with Gasteiger partial charge >= 0.3 is 0 Å². The normalized spacial score (nSPS) is 17.6. The highest BCUT2D eigenvalue weighted by Gasteiger charge is 2.25. The maximum Gasteiger partial charge on any atom is 0.129 e. The second-order valence-electron chi connectivity index (χ2n) is 4.84. The predicted octanol–water partition coefficient (Wildman–Crippen LogP) is 3.72. The van der Waals surface area contributed by atoms with Gasteiger partial charge in [0.1, 0.15) is 11.6 Å². The molecule has 0 saturated heterocycles. The minimum absolute atomic E-state index is 0.210. The first kappa shape index (κ1) is 13.4. The number of methoxy groups -OCH3 is 1. The van der Waals surface area contributed by atoms with Crippen LogP contribution in [-0.2, 0) is 6.42 Å². The number of rotatable bonds is 2. The van der Waals surface area contributed by atoms with Crippen molar-refractivity contribution in [2.75, 3.05) is 13.7 Å². The topological polar surface area (TPSA) is 21.3 Å². The third-order valence-corrected chi connectivity index (χ3v) is 4.02. The molecule has 104 valence electrons. The van der Waals surface area contributed by atoms with E-state index in [1.165, 1.54) is 11.6 Å². The van der Waals surface area contributed by atoms with E-state index >= 15 is 0 Å². The molecule has 1 atom stereocenters. The lowest BCUT2D eigenvalue weighted by atomic mass is 9.89. The van der Waals surface area contributed by atoms with Crippen molar-refractivity contribution in [3.63, 3.8) is 0 Å². The van der Waals surface area contributed by atoms with Gasteiger partial charge in [0.25, 0.3) is 0 Å². The molecule has 0 aromatic heterocycles. The van der Waals surface area contributed by atoms with Gasteiger partial charge in [-0.1, -0.05) is 23.7 Å². The van der Waals surface area contributed by atoms with Crippen molar-refractivity contribution in [3.05, 3.63) is 63.9 Å². The third kappa shape index (κ3) is 2.28. The number of hydrogen-bond acceptors (Lipinski definition) is 2. The van der Waals surface area contributed by atoms with Gasteiger partial charge in [-0.05, 0) is 41.8 Å². The van der Waals surface area contributed by atoms with Crippen LogP contribution in [0.4, 0.5) is 4.39 Å². The van der Waals surface area contributed by atoms with Gasteiger partial charge in [-0.2, -0.15) is 0 Å². The van der Waals surface area contributed by atoms with Crippen LogP contribution in [0.3, 0.4) is 0 Å². The molecular weight excluding hydrogens is 277 g/mol. The van der Waals surface area contributed by atoms with Gasteiger partial charge in [-0.15, -0.1) is 0 Å². The van der Waals surface area contributed by atoms with Crippen LogP contribution in [0.15, 0.2) is 36.4 Å². The molecular formula is C16H15ClFNO. The number of fused-ring (bicyclic) bond motifs is 1. The highest BCUT2D eigenvalue weighted by atomic mass is 35.5. The maximum atomic E-state index is 14.1. The van der Waals surface area contributed by atoms with Crippen LogP contribution in [0.25, 0.3) is 0 Å². The van der Waals surface area contributed by atoms with Gasteiger partial charge in [0.2, 0.25) is 0 Å². The van der Waals surface area contributed by atoms with Crippen LogP contribution in [0.1, 0.15) is 22.7 Å². The molecule has 0 spiro atoms. The highest BCUT2D eigenvalue weighted by Crippen LogP contribution is 2.35. The van der Waals surface area contributed by atoms with E-state index in [9.17, 15) is 4.39 Å². The summed E-state index contributed by atoms with van der Waals surface area (Å²) in [5.41, 5.74) is 2.75. The van der Waals surface area contributed by atoms with Crippen molar-refractivity contribution in [3.8, 4) is 5.75 Å². The number of benzene rings is 2. The quantitative estimate of drug-likeness (QED) is 0.910. The van der Waals surface area contributed by atoms with Crippen molar-refractivity contribution in [2.45, 2.75) is 12.5 Å². The standard InChI is InChI=1S/C16H15ClFNO/c1-20-11-5-6-12-10(9-11)7-8-19-16(12)15-13(17)3-2-4-14(15)18/h2-6,9,16,19H,7-8H2,1H3. The summed E-state index contributed by atoms with van der Waals surface area (Å²) in [6, 6.07) is 10.5. The molecule has 1 heterocycles. The van der Waals surface area contributed by atoms with E-state index in [-0.39, 0.29) is 11.9 Å². The van der Waals surface area contributed by atoms with Crippen molar-refractivity contribution in [1.29, 1.82) is 0 Å². The summed E-state index contributed by atoms with van der Waals surface area (Å²) >= 11 is 6.18. The lowest BCUT2D eigenvalue weighted by Crippen LogP contribution is -2.31. The van der Waals surface area contributed by atoms with Crippen LogP contribution >= 0.6 is 11.6 Å². The Bertz CT molecular complexity index is 624. The molecule has 2 aromatic carbocycles. The molecule has 1 N–H and O–H groups in total. The molecule has 1 aliphatic rings. The summed E-state index contributed by atoms with van der Waals surface area (Å²) in [4.78, 5) is 0. The van der Waals surface area contributed by atoms with E-state index in [2.05, 4.69) is 5.32 Å². The van der Waals surface area contributed by atoms with Crippen LogP contribution in [-0.4, -0.2) is 13.7 Å².